The molecule has 2 aromatic carbocycles. The Hall–Kier alpha value is -2.01. The quantitative estimate of drug-likeness (QED) is 0.906. The predicted molar refractivity (Wildman–Crippen MR) is 87.1 cm³/mol. The maximum absolute atomic E-state index is 12.1. The van der Waals surface area contributed by atoms with Crippen LogP contribution in [0.5, 0.6) is 11.5 Å². The lowest BCUT2D eigenvalue weighted by Crippen LogP contribution is -2.35. The van der Waals surface area contributed by atoms with Crippen LogP contribution >= 0.6 is 15.9 Å². The molecule has 0 spiro atoms. The van der Waals surface area contributed by atoms with Crippen molar-refractivity contribution in [1.29, 1.82) is 0 Å². The molecule has 0 radical (unpaired) electrons. The fraction of sp³-hybridized carbons (Fsp3) is 0.235. The number of benzene rings is 2. The lowest BCUT2D eigenvalue weighted by Gasteiger charge is -2.26. The summed E-state index contributed by atoms with van der Waals surface area (Å²) < 4.78 is 12.1. The van der Waals surface area contributed by atoms with Crippen molar-refractivity contribution >= 4 is 21.8 Å². The highest BCUT2D eigenvalue weighted by Gasteiger charge is 2.22. The molecule has 0 aromatic heterocycles. The second-order valence-electron chi connectivity index (χ2n) is 5.04. The van der Waals surface area contributed by atoms with Gasteiger partial charge in [-0.2, -0.15) is 0 Å². The number of hydrogen-bond donors (Lipinski definition) is 1. The van der Waals surface area contributed by atoms with E-state index in [0.29, 0.717) is 12.4 Å². The van der Waals surface area contributed by atoms with Crippen LogP contribution in [0.15, 0.2) is 53.0 Å². The molecule has 0 fully saturated rings. The molecule has 1 unspecified atom stereocenters. The molecule has 22 heavy (non-hydrogen) atoms. The Morgan fingerprint density at radius 3 is 2.82 bits per heavy atom. The van der Waals surface area contributed by atoms with Crippen molar-refractivity contribution in [3.63, 3.8) is 0 Å². The van der Waals surface area contributed by atoms with Gasteiger partial charge in [0.25, 0.3) is 5.91 Å². The van der Waals surface area contributed by atoms with Crippen molar-refractivity contribution in [3.05, 3.63) is 58.6 Å². The third-order valence-electron chi connectivity index (χ3n) is 3.48. The van der Waals surface area contributed by atoms with Crippen molar-refractivity contribution < 1.29 is 14.3 Å². The van der Waals surface area contributed by atoms with E-state index < -0.39 is 0 Å². The van der Waals surface area contributed by atoms with Crippen LogP contribution < -0.4 is 14.8 Å². The summed E-state index contributed by atoms with van der Waals surface area (Å²) in [6.45, 7) is 0.608. The molecule has 1 heterocycles. The monoisotopic (exact) mass is 361 g/mol. The van der Waals surface area contributed by atoms with Crippen molar-refractivity contribution in [2.24, 2.45) is 0 Å². The van der Waals surface area contributed by atoms with Gasteiger partial charge in [-0.3, -0.25) is 4.79 Å². The minimum Gasteiger partial charge on any atom is -0.493 e. The molecule has 114 valence electrons. The highest BCUT2D eigenvalue weighted by molar-refractivity contribution is 9.10. The minimum absolute atomic E-state index is 0.00115. The molecule has 4 nitrogen and oxygen atoms in total. The van der Waals surface area contributed by atoms with E-state index in [1.165, 1.54) is 0 Å². The maximum Gasteiger partial charge on any atom is 0.258 e. The number of para-hydroxylation sites is 1. The van der Waals surface area contributed by atoms with Crippen LogP contribution in [0.3, 0.4) is 0 Å². The van der Waals surface area contributed by atoms with Gasteiger partial charge >= 0.3 is 0 Å². The molecule has 0 aliphatic carbocycles. The number of amides is 1. The first-order valence-corrected chi connectivity index (χ1v) is 7.91. The topological polar surface area (TPSA) is 47.6 Å². The number of halogens is 1. The van der Waals surface area contributed by atoms with Gasteiger partial charge in [0.2, 0.25) is 0 Å². The number of carbonyl (C=O) groups excluding carboxylic acids is 1. The second-order valence-corrected chi connectivity index (χ2v) is 5.95. The van der Waals surface area contributed by atoms with Gasteiger partial charge in [-0.05, 0) is 30.3 Å². The second kappa shape index (κ2) is 6.83. The Kier molecular flexibility index (Phi) is 4.63. The summed E-state index contributed by atoms with van der Waals surface area (Å²) in [7, 11) is 0. The lowest BCUT2D eigenvalue weighted by atomic mass is 10.0. The Bertz CT molecular complexity index is 657. The molecule has 5 heteroatoms. The molecule has 1 aliphatic rings. The average Bonchev–Trinajstić information content (AvgIpc) is 2.55. The summed E-state index contributed by atoms with van der Waals surface area (Å²) in [4.78, 5) is 12.1. The SMILES string of the molecule is O=C(COc1ccc(Br)cc1)NC1CCOc2ccccc21. The molecule has 1 amide bonds. The Balaban J connectivity index is 1.57. The summed E-state index contributed by atoms with van der Waals surface area (Å²) in [5.41, 5.74) is 1.02. The third-order valence-corrected chi connectivity index (χ3v) is 4.01. The number of rotatable bonds is 4. The Morgan fingerprint density at radius 1 is 1.23 bits per heavy atom. The van der Waals surface area contributed by atoms with Crippen LogP contribution in [0.4, 0.5) is 0 Å². The fourth-order valence-corrected chi connectivity index (χ4v) is 2.67. The summed E-state index contributed by atoms with van der Waals surface area (Å²) >= 11 is 3.36. The molecule has 0 saturated heterocycles. The van der Waals surface area contributed by atoms with Gasteiger partial charge in [-0.1, -0.05) is 34.1 Å². The van der Waals surface area contributed by atoms with Crippen LogP contribution in [-0.2, 0) is 4.79 Å². The van der Waals surface area contributed by atoms with Gasteiger partial charge in [0.05, 0.1) is 12.6 Å². The molecular weight excluding hydrogens is 346 g/mol. The van der Waals surface area contributed by atoms with E-state index in [9.17, 15) is 4.79 Å². The molecule has 3 rings (SSSR count). The average molecular weight is 362 g/mol. The summed E-state index contributed by atoms with van der Waals surface area (Å²) in [6.07, 6.45) is 0.765. The fourth-order valence-electron chi connectivity index (χ4n) is 2.41. The van der Waals surface area contributed by atoms with Crippen molar-refractivity contribution in [2.45, 2.75) is 12.5 Å². The first kappa shape index (κ1) is 14.9. The van der Waals surface area contributed by atoms with Crippen LogP contribution in [0.1, 0.15) is 18.0 Å². The number of hydrogen-bond acceptors (Lipinski definition) is 3. The van der Waals surface area contributed by atoms with Gasteiger partial charge in [-0.15, -0.1) is 0 Å². The maximum atomic E-state index is 12.1. The molecule has 2 aromatic rings. The van der Waals surface area contributed by atoms with E-state index >= 15 is 0 Å². The molecule has 1 N–H and O–H groups in total. The smallest absolute Gasteiger partial charge is 0.258 e. The molecule has 0 bridgehead atoms. The van der Waals surface area contributed by atoms with E-state index in [0.717, 1.165) is 22.2 Å². The lowest BCUT2D eigenvalue weighted by molar-refractivity contribution is -0.124. The molecule has 1 aliphatic heterocycles. The van der Waals surface area contributed by atoms with E-state index in [2.05, 4.69) is 21.2 Å². The largest absolute Gasteiger partial charge is 0.493 e. The Labute approximate surface area is 137 Å². The van der Waals surface area contributed by atoms with E-state index in [1.807, 2.05) is 48.5 Å². The number of ether oxygens (including phenoxy) is 2. The highest BCUT2D eigenvalue weighted by Crippen LogP contribution is 2.31. The zero-order valence-corrected chi connectivity index (χ0v) is 13.5. The van der Waals surface area contributed by atoms with Gasteiger partial charge < -0.3 is 14.8 Å². The van der Waals surface area contributed by atoms with Crippen LogP contribution in [0, 0.1) is 0 Å². The predicted octanol–water partition coefficient (Wildman–Crippen LogP) is 3.47. The van der Waals surface area contributed by atoms with Crippen molar-refractivity contribution in [1.82, 2.24) is 5.32 Å². The number of carbonyl (C=O) groups is 1. The van der Waals surface area contributed by atoms with Gasteiger partial charge in [-0.25, -0.2) is 0 Å². The van der Waals surface area contributed by atoms with Crippen LogP contribution in [0.25, 0.3) is 0 Å². The van der Waals surface area contributed by atoms with Gasteiger partial charge in [0.1, 0.15) is 11.5 Å². The van der Waals surface area contributed by atoms with Gasteiger partial charge in [0, 0.05) is 16.5 Å². The first-order valence-electron chi connectivity index (χ1n) is 7.12. The highest BCUT2D eigenvalue weighted by atomic mass is 79.9. The first-order chi connectivity index (χ1) is 10.7. The Morgan fingerprint density at radius 2 is 2.00 bits per heavy atom. The third kappa shape index (κ3) is 3.60. The van der Waals surface area contributed by atoms with Crippen molar-refractivity contribution in [2.75, 3.05) is 13.2 Å². The van der Waals surface area contributed by atoms with Crippen LogP contribution in [0.2, 0.25) is 0 Å². The van der Waals surface area contributed by atoms with Crippen molar-refractivity contribution in [3.8, 4) is 11.5 Å². The zero-order valence-electron chi connectivity index (χ0n) is 11.9. The molecular formula is C17H16BrNO3. The van der Waals surface area contributed by atoms with E-state index in [4.69, 9.17) is 9.47 Å². The van der Waals surface area contributed by atoms with Gasteiger partial charge in [0.15, 0.2) is 6.61 Å². The van der Waals surface area contributed by atoms with E-state index in [-0.39, 0.29) is 18.6 Å². The zero-order chi connectivity index (χ0) is 15.4. The van der Waals surface area contributed by atoms with Crippen LogP contribution in [-0.4, -0.2) is 19.1 Å². The summed E-state index contributed by atoms with van der Waals surface area (Å²) in [6, 6.07) is 15.2. The van der Waals surface area contributed by atoms with E-state index in [1.54, 1.807) is 0 Å². The number of nitrogens with one attached hydrogen (secondary N) is 1. The summed E-state index contributed by atoms with van der Waals surface area (Å²) in [5, 5.41) is 3.00. The normalized spacial score (nSPS) is 16.3. The molecule has 0 saturated carbocycles. The standard InChI is InChI=1S/C17H16BrNO3/c18-12-5-7-13(8-6-12)22-11-17(20)19-15-9-10-21-16-4-2-1-3-14(15)16/h1-8,15H,9-11H2,(H,19,20). The summed E-state index contributed by atoms with van der Waals surface area (Å²) in [5.74, 6) is 1.38. The minimum atomic E-state index is -0.135. The molecule has 1 atom stereocenters. The number of fused-ring (bicyclic) bond motifs is 1.